The maximum atomic E-state index is 13.3. The first-order valence-corrected chi connectivity index (χ1v) is 7.68. The van der Waals surface area contributed by atoms with Crippen molar-refractivity contribution in [3.63, 3.8) is 0 Å². The van der Waals surface area contributed by atoms with E-state index < -0.39 is 0 Å². The van der Waals surface area contributed by atoms with Crippen LogP contribution in [0.4, 0.5) is 10.1 Å². The SMILES string of the molecule is Fc1ccc2c(c1)N(CCCOC1CCNCC1)CC2. The highest BCUT2D eigenvalue weighted by Gasteiger charge is 2.19. The van der Waals surface area contributed by atoms with E-state index in [9.17, 15) is 4.39 Å². The van der Waals surface area contributed by atoms with E-state index in [4.69, 9.17) is 4.74 Å². The lowest BCUT2D eigenvalue weighted by atomic mass is 10.1. The maximum Gasteiger partial charge on any atom is 0.125 e. The molecule has 3 nitrogen and oxygen atoms in total. The van der Waals surface area contributed by atoms with Crippen LogP contribution < -0.4 is 10.2 Å². The second-order valence-electron chi connectivity index (χ2n) is 5.68. The van der Waals surface area contributed by atoms with E-state index in [0.717, 1.165) is 64.2 Å². The van der Waals surface area contributed by atoms with Crippen molar-refractivity contribution >= 4 is 5.69 Å². The fourth-order valence-corrected chi connectivity index (χ4v) is 3.12. The Kier molecular flexibility index (Phi) is 4.53. The number of halogens is 1. The zero-order chi connectivity index (χ0) is 13.8. The molecule has 0 aromatic heterocycles. The Balaban J connectivity index is 1.42. The topological polar surface area (TPSA) is 24.5 Å². The van der Waals surface area contributed by atoms with Crippen LogP contribution in [0.1, 0.15) is 24.8 Å². The molecule has 2 heterocycles. The van der Waals surface area contributed by atoms with Crippen LogP contribution in [0.5, 0.6) is 0 Å². The summed E-state index contributed by atoms with van der Waals surface area (Å²) >= 11 is 0. The molecule has 20 heavy (non-hydrogen) atoms. The van der Waals surface area contributed by atoms with Gasteiger partial charge in [-0.25, -0.2) is 4.39 Å². The van der Waals surface area contributed by atoms with Crippen LogP contribution in [0, 0.1) is 5.82 Å². The summed E-state index contributed by atoms with van der Waals surface area (Å²) in [5, 5.41) is 3.34. The molecule has 2 aliphatic heterocycles. The average molecular weight is 278 g/mol. The Morgan fingerprint density at radius 1 is 1.30 bits per heavy atom. The molecule has 1 saturated heterocycles. The average Bonchev–Trinajstić information content (AvgIpc) is 2.87. The second kappa shape index (κ2) is 6.55. The predicted octanol–water partition coefficient (Wildman–Crippen LogP) is 2.35. The molecule has 1 fully saturated rings. The summed E-state index contributed by atoms with van der Waals surface area (Å²) in [7, 11) is 0. The van der Waals surface area contributed by atoms with E-state index in [1.807, 2.05) is 6.07 Å². The van der Waals surface area contributed by atoms with Crippen molar-refractivity contribution < 1.29 is 9.13 Å². The van der Waals surface area contributed by atoms with Crippen LogP contribution in [0.15, 0.2) is 18.2 Å². The van der Waals surface area contributed by atoms with Gasteiger partial charge in [0.05, 0.1) is 6.10 Å². The first-order chi connectivity index (χ1) is 9.83. The smallest absolute Gasteiger partial charge is 0.125 e. The number of hydrogen-bond acceptors (Lipinski definition) is 3. The molecule has 1 aromatic carbocycles. The largest absolute Gasteiger partial charge is 0.378 e. The minimum Gasteiger partial charge on any atom is -0.378 e. The van der Waals surface area contributed by atoms with E-state index in [1.54, 1.807) is 12.1 Å². The number of rotatable bonds is 5. The molecule has 0 amide bonds. The Morgan fingerprint density at radius 3 is 3.00 bits per heavy atom. The third-order valence-electron chi connectivity index (χ3n) is 4.25. The number of hydrogen-bond donors (Lipinski definition) is 1. The molecule has 0 radical (unpaired) electrons. The number of benzene rings is 1. The van der Waals surface area contributed by atoms with E-state index in [1.165, 1.54) is 5.56 Å². The van der Waals surface area contributed by atoms with E-state index in [-0.39, 0.29) is 5.82 Å². The summed E-state index contributed by atoms with van der Waals surface area (Å²) in [5.41, 5.74) is 2.34. The molecule has 0 spiro atoms. The number of nitrogens with one attached hydrogen (secondary N) is 1. The lowest BCUT2D eigenvalue weighted by molar-refractivity contribution is 0.0324. The summed E-state index contributed by atoms with van der Waals surface area (Å²) < 4.78 is 19.2. The van der Waals surface area contributed by atoms with Gasteiger partial charge in [0.1, 0.15) is 5.82 Å². The van der Waals surface area contributed by atoms with Crippen molar-refractivity contribution in [2.75, 3.05) is 37.7 Å². The Hall–Kier alpha value is -1.13. The molecule has 0 aliphatic carbocycles. The normalized spacial score (nSPS) is 19.4. The summed E-state index contributed by atoms with van der Waals surface area (Å²) in [5.74, 6) is -0.137. The second-order valence-corrected chi connectivity index (χ2v) is 5.68. The molecule has 0 bridgehead atoms. The highest BCUT2D eigenvalue weighted by Crippen LogP contribution is 2.28. The molecule has 3 rings (SSSR count). The Morgan fingerprint density at radius 2 is 2.15 bits per heavy atom. The van der Waals surface area contributed by atoms with Crippen molar-refractivity contribution in [2.24, 2.45) is 0 Å². The van der Waals surface area contributed by atoms with Gasteiger partial charge in [-0.2, -0.15) is 0 Å². The summed E-state index contributed by atoms with van der Waals surface area (Å²) in [6.45, 7) is 4.92. The van der Waals surface area contributed by atoms with Crippen molar-refractivity contribution in [1.29, 1.82) is 0 Å². The fraction of sp³-hybridized carbons (Fsp3) is 0.625. The number of piperidine rings is 1. The van der Waals surface area contributed by atoms with Gasteiger partial charge in [-0.15, -0.1) is 0 Å². The molecule has 0 saturated carbocycles. The third-order valence-corrected chi connectivity index (χ3v) is 4.25. The zero-order valence-electron chi connectivity index (χ0n) is 11.9. The first-order valence-electron chi connectivity index (χ1n) is 7.68. The Bertz CT molecular complexity index is 446. The lowest BCUT2D eigenvalue weighted by Gasteiger charge is -2.24. The summed E-state index contributed by atoms with van der Waals surface area (Å²) in [6, 6.07) is 5.13. The molecule has 1 aromatic rings. The van der Waals surface area contributed by atoms with Crippen molar-refractivity contribution in [1.82, 2.24) is 5.32 Å². The lowest BCUT2D eigenvalue weighted by Crippen LogP contribution is -2.33. The minimum atomic E-state index is -0.137. The molecule has 0 unspecified atom stereocenters. The highest BCUT2D eigenvalue weighted by atomic mass is 19.1. The van der Waals surface area contributed by atoms with Gasteiger partial charge in [0, 0.05) is 25.4 Å². The maximum absolute atomic E-state index is 13.3. The van der Waals surface area contributed by atoms with Crippen LogP contribution in [0.25, 0.3) is 0 Å². The highest BCUT2D eigenvalue weighted by molar-refractivity contribution is 5.58. The monoisotopic (exact) mass is 278 g/mol. The van der Waals surface area contributed by atoms with E-state index >= 15 is 0 Å². The van der Waals surface area contributed by atoms with Gasteiger partial charge in [0.15, 0.2) is 0 Å². The van der Waals surface area contributed by atoms with Crippen LogP contribution >= 0.6 is 0 Å². The Labute approximate surface area is 120 Å². The van der Waals surface area contributed by atoms with E-state index in [0.29, 0.717) is 6.10 Å². The summed E-state index contributed by atoms with van der Waals surface area (Å²) in [4.78, 5) is 2.28. The third kappa shape index (κ3) is 3.30. The standard InChI is InChI=1S/C16H23FN2O/c17-14-3-2-13-6-10-19(16(13)12-14)9-1-11-20-15-4-7-18-8-5-15/h2-3,12,15,18H,1,4-11H2. The quantitative estimate of drug-likeness (QED) is 0.837. The number of fused-ring (bicyclic) bond motifs is 1. The van der Waals surface area contributed by atoms with Gasteiger partial charge in [-0.3, -0.25) is 0 Å². The molecule has 4 heteroatoms. The number of anilines is 1. The number of nitrogens with zero attached hydrogens (tertiary/aromatic N) is 1. The molecular formula is C16H23FN2O. The molecule has 110 valence electrons. The van der Waals surface area contributed by atoms with Crippen LogP contribution in [0.3, 0.4) is 0 Å². The van der Waals surface area contributed by atoms with Gasteiger partial charge >= 0.3 is 0 Å². The van der Waals surface area contributed by atoms with Gasteiger partial charge in [0.2, 0.25) is 0 Å². The van der Waals surface area contributed by atoms with Gasteiger partial charge < -0.3 is 15.0 Å². The van der Waals surface area contributed by atoms with Crippen LogP contribution in [0.2, 0.25) is 0 Å². The molecule has 0 atom stereocenters. The zero-order valence-corrected chi connectivity index (χ0v) is 11.9. The minimum absolute atomic E-state index is 0.137. The number of ether oxygens (including phenoxy) is 1. The molecule has 1 N–H and O–H groups in total. The summed E-state index contributed by atoms with van der Waals surface area (Å²) in [6.07, 6.45) is 4.72. The van der Waals surface area contributed by atoms with Crippen LogP contribution in [-0.4, -0.2) is 38.9 Å². The van der Waals surface area contributed by atoms with Gasteiger partial charge in [0.25, 0.3) is 0 Å². The van der Waals surface area contributed by atoms with Crippen LogP contribution in [-0.2, 0) is 11.2 Å². The van der Waals surface area contributed by atoms with Gasteiger partial charge in [-0.1, -0.05) is 6.07 Å². The van der Waals surface area contributed by atoms with Crippen molar-refractivity contribution in [3.05, 3.63) is 29.6 Å². The van der Waals surface area contributed by atoms with Gasteiger partial charge in [-0.05, 0) is 56.5 Å². The van der Waals surface area contributed by atoms with Crippen molar-refractivity contribution in [3.8, 4) is 0 Å². The fourth-order valence-electron chi connectivity index (χ4n) is 3.12. The molecular weight excluding hydrogens is 255 g/mol. The van der Waals surface area contributed by atoms with E-state index in [2.05, 4.69) is 10.2 Å². The van der Waals surface area contributed by atoms with Crippen molar-refractivity contribution in [2.45, 2.75) is 31.8 Å². The predicted molar refractivity (Wildman–Crippen MR) is 78.8 cm³/mol. The molecule has 2 aliphatic rings. The first kappa shape index (κ1) is 13.8.